The highest BCUT2D eigenvalue weighted by Gasteiger charge is 2.18. The Morgan fingerprint density at radius 1 is 1.04 bits per heavy atom. The lowest BCUT2D eigenvalue weighted by molar-refractivity contribution is -0.115. The summed E-state index contributed by atoms with van der Waals surface area (Å²) in [5, 5.41) is 3.28. The number of benzene rings is 2. The maximum Gasteiger partial charge on any atom is 0.241 e. The van der Waals surface area contributed by atoms with Gasteiger partial charge in [-0.25, -0.2) is 13.1 Å². The van der Waals surface area contributed by atoms with Crippen LogP contribution in [0, 0.1) is 13.8 Å². The summed E-state index contributed by atoms with van der Waals surface area (Å²) in [5.41, 5.74) is 1.82. The van der Waals surface area contributed by atoms with Gasteiger partial charge in [0.2, 0.25) is 15.9 Å². The Morgan fingerprint density at radius 2 is 1.67 bits per heavy atom. The molecule has 0 aliphatic carbocycles. The van der Waals surface area contributed by atoms with Crippen LogP contribution in [0.25, 0.3) is 0 Å². The van der Waals surface area contributed by atoms with Gasteiger partial charge in [-0.2, -0.15) is 0 Å². The fourth-order valence-corrected chi connectivity index (χ4v) is 3.90. The zero-order valence-electron chi connectivity index (χ0n) is 13.1. The Kier molecular flexibility index (Phi) is 5.87. The number of hydrogen-bond acceptors (Lipinski definition) is 3. The lowest BCUT2D eigenvalue weighted by Gasteiger charge is -2.11. The van der Waals surface area contributed by atoms with Crippen molar-refractivity contribution >= 4 is 44.8 Å². The number of halogens is 2. The lowest BCUT2D eigenvalue weighted by Crippen LogP contribution is -2.33. The molecule has 1 amide bonds. The van der Waals surface area contributed by atoms with Gasteiger partial charge in [0, 0.05) is 15.7 Å². The summed E-state index contributed by atoms with van der Waals surface area (Å²) in [4.78, 5) is 12.1. The Balaban J connectivity index is 2.06. The SMILES string of the molecule is Cc1ccc(C)c(S(=O)(=O)NCC(=O)Nc2cc(Cl)cc(Cl)c2)c1. The van der Waals surface area contributed by atoms with Gasteiger partial charge in [-0.1, -0.05) is 35.3 Å². The van der Waals surface area contributed by atoms with Crippen LogP contribution in [0.1, 0.15) is 11.1 Å². The topological polar surface area (TPSA) is 75.3 Å². The standard InChI is InChI=1S/C16H16Cl2N2O3S/c1-10-3-4-11(2)15(5-10)24(22,23)19-9-16(21)20-14-7-12(17)6-13(18)8-14/h3-8,19H,9H2,1-2H3,(H,20,21). The number of carbonyl (C=O) groups excluding carboxylic acids is 1. The summed E-state index contributed by atoms with van der Waals surface area (Å²) in [6.45, 7) is 3.09. The lowest BCUT2D eigenvalue weighted by atomic mass is 10.2. The predicted molar refractivity (Wildman–Crippen MR) is 96.2 cm³/mol. The number of carbonyl (C=O) groups is 1. The molecular weight excluding hydrogens is 371 g/mol. The smallest absolute Gasteiger partial charge is 0.241 e. The van der Waals surface area contributed by atoms with Crippen LogP contribution in [0.5, 0.6) is 0 Å². The Morgan fingerprint density at radius 3 is 2.29 bits per heavy atom. The monoisotopic (exact) mass is 386 g/mol. The predicted octanol–water partition coefficient (Wildman–Crippen LogP) is 3.53. The van der Waals surface area contributed by atoms with Gasteiger partial charge < -0.3 is 5.32 Å². The molecule has 5 nitrogen and oxygen atoms in total. The maximum atomic E-state index is 12.3. The molecule has 2 aromatic rings. The third kappa shape index (κ3) is 4.95. The van der Waals surface area contributed by atoms with E-state index in [2.05, 4.69) is 10.0 Å². The molecule has 0 atom stereocenters. The number of anilines is 1. The van der Waals surface area contributed by atoms with Gasteiger partial charge in [-0.15, -0.1) is 0 Å². The van der Waals surface area contributed by atoms with E-state index in [-0.39, 0.29) is 4.90 Å². The first kappa shape index (κ1) is 18.7. The maximum absolute atomic E-state index is 12.3. The first-order valence-electron chi connectivity index (χ1n) is 7.00. The third-order valence-corrected chi connectivity index (χ3v) is 5.18. The molecule has 0 aromatic heterocycles. The molecule has 2 aromatic carbocycles. The number of nitrogens with one attached hydrogen (secondary N) is 2. The summed E-state index contributed by atoms with van der Waals surface area (Å²) < 4.78 is 27.0. The minimum atomic E-state index is -3.78. The quantitative estimate of drug-likeness (QED) is 0.824. The van der Waals surface area contributed by atoms with E-state index in [9.17, 15) is 13.2 Å². The van der Waals surface area contributed by atoms with Crippen molar-refractivity contribution in [2.75, 3.05) is 11.9 Å². The highest BCUT2D eigenvalue weighted by atomic mass is 35.5. The van der Waals surface area contributed by atoms with E-state index in [1.165, 1.54) is 18.2 Å². The molecule has 128 valence electrons. The summed E-state index contributed by atoms with van der Waals surface area (Å²) in [6.07, 6.45) is 0. The zero-order valence-corrected chi connectivity index (χ0v) is 15.4. The molecule has 24 heavy (non-hydrogen) atoms. The van der Waals surface area contributed by atoms with Gasteiger partial charge in [0.1, 0.15) is 0 Å². The van der Waals surface area contributed by atoms with Crippen LogP contribution >= 0.6 is 23.2 Å². The number of aryl methyl sites for hydroxylation is 2. The second-order valence-electron chi connectivity index (χ2n) is 5.30. The van der Waals surface area contributed by atoms with E-state index >= 15 is 0 Å². The third-order valence-electron chi connectivity index (χ3n) is 3.20. The van der Waals surface area contributed by atoms with E-state index in [1.807, 2.05) is 6.07 Å². The van der Waals surface area contributed by atoms with Crippen molar-refractivity contribution in [1.29, 1.82) is 0 Å². The molecule has 8 heteroatoms. The second-order valence-corrected chi connectivity index (χ2v) is 7.91. The van der Waals surface area contributed by atoms with Crippen molar-refractivity contribution in [2.24, 2.45) is 0 Å². The van der Waals surface area contributed by atoms with Crippen LogP contribution in [-0.4, -0.2) is 20.9 Å². The van der Waals surface area contributed by atoms with Gasteiger partial charge >= 0.3 is 0 Å². The molecule has 0 aliphatic rings. The summed E-state index contributed by atoms with van der Waals surface area (Å²) >= 11 is 11.7. The van der Waals surface area contributed by atoms with Crippen molar-refractivity contribution in [2.45, 2.75) is 18.7 Å². The average molecular weight is 387 g/mol. The molecule has 0 saturated heterocycles. The average Bonchev–Trinajstić information content (AvgIpc) is 2.46. The van der Waals surface area contributed by atoms with E-state index in [0.717, 1.165) is 5.56 Å². The Labute approximate surface area is 151 Å². The first-order valence-corrected chi connectivity index (χ1v) is 9.24. The molecular formula is C16H16Cl2N2O3S. The largest absolute Gasteiger partial charge is 0.325 e. The molecule has 0 unspecified atom stereocenters. The van der Waals surface area contributed by atoms with Crippen LogP contribution < -0.4 is 10.0 Å². The molecule has 0 saturated carbocycles. The number of amides is 1. The highest BCUT2D eigenvalue weighted by Crippen LogP contribution is 2.22. The van der Waals surface area contributed by atoms with E-state index in [1.54, 1.807) is 26.0 Å². The molecule has 0 fully saturated rings. The van der Waals surface area contributed by atoms with E-state index in [0.29, 0.717) is 21.3 Å². The van der Waals surface area contributed by atoms with Crippen molar-refractivity contribution in [3.05, 3.63) is 57.6 Å². The van der Waals surface area contributed by atoms with Gasteiger partial charge in [0.15, 0.2) is 0 Å². The van der Waals surface area contributed by atoms with Gasteiger partial charge in [0.05, 0.1) is 11.4 Å². The van der Waals surface area contributed by atoms with Crippen LogP contribution in [0.15, 0.2) is 41.3 Å². The van der Waals surface area contributed by atoms with Crippen molar-refractivity contribution in [3.63, 3.8) is 0 Å². The van der Waals surface area contributed by atoms with Gasteiger partial charge in [-0.3, -0.25) is 4.79 Å². The van der Waals surface area contributed by atoms with Crippen molar-refractivity contribution in [3.8, 4) is 0 Å². The van der Waals surface area contributed by atoms with Crippen molar-refractivity contribution in [1.82, 2.24) is 4.72 Å². The van der Waals surface area contributed by atoms with Crippen LogP contribution in [0.3, 0.4) is 0 Å². The summed E-state index contributed by atoms with van der Waals surface area (Å²) in [5.74, 6) is -0.526. The van der Waals surface area contributed by atoms with Gasteiger partial charge in [0.25, 0.3) is 0 Å². The molecule has 0 heterocycles. The van der Waals surface area contributed by atoms with Crippen LogP contribution in [0.2, 0.25) is 10.0 Å². The number of hydrogen-bond donors (Lipinski definition) is 2. The second kappa shape index (κ2) is 7.53. The molecule has 0 radical (unpaired) electrons. The normalized spacial score (nSPS) is 11.3. The fourth-order valence-electron chi connectivity index (χ4n) is 2.07. The minimum Gasteiger partial charge on any atom is -0.325 e. The molecule has 2 N–H and O–H groups in total. The van der Waals surface area contributed by atoms with Gasteiger partial charge in [-0.05, 0) is 49.2 Å². The summed E-state index contributed by atoms with van der Waals surface area (Å²) in [7, 11) is -3.78. The van der Waals surface area contributed by atoms with Crippen molar-refractivity contribution < 1.29 is 13.2 Å². The van der Waals surface area contributed by atoms with E-state index < -0.39 is 22.5 Å². The molecule has 0 spiro atoms. The van der Waals surface area contributed by atoms with Crippen LogP contribution in [0.4, 0.5) is 5.69 Å². The number of sulfonamides is 1. The minimum absolute atomic E-state index is 0.154. The van der Waals surface area contributed by atoms with Crippen LogP contribution in [-0.2, 0) is 14.8 Å². The summed E-state index contributed by atoms with van der Waals surface area (Å²) in [6, 6.07) is 9.67. The number of rotatable bonds is 5. The zero-order chi connectivity index (χ0) is 17.9. The highest BCUT2D eigenvalue weighted by molar-refractivity contribution is 7.89. The first-order chi connectivity index (χ1) is 11.2. The fraction of sp³-hybridized carbons (Fsp3) is 0.188. The Bertz CT molecular complexity index is 863. The Hall–Kier alpha value is -1.60. The van der Waals surface area contributed by atoms with E-state index in [4.69, 9.17) is 23.2 Å². The molecule has 0 aliphatic heterocycles. The molecule has 2 rings (SSSR count). The molecule has 0 bridgehead atoms.